The summed E-state index contributed by atoms with van der Waals surface area (Å²) < 4.78 is 2.25. The molecule has 2 aromatic rings. The second-order valence-electron chi connectivity index (χ2n) is 7.45. The first-order valence-corrected chi connectivity index (χ1v) is 9.53. The fourth-order valence-electron chi connectivity index (χ4n) is 3.71. The van der Waals surface area contributed by atoms with Crippen LogP contribution in [0.15, 0.2) is 48.8 Å². The number of aromatic nitrogens is 1. The van der Waals surface area contributed by atoms with Crippen molar-refractivity contribution < 1.29 is 9.59 Å². The molecule has 0 bridgehead atoms. The van der Waals surface area contributed by atoms with Gasteiger partial charge >= 0.3 is 0 Å². The third-order valence-corrected chi connectivity index (χ3v) is 5.42. The summed E-state index contributed by atoms with van der Waals surface area (Å²) in [6, 6.07) is 12.1. The van der Waals surface area contributed by atoms with Gasteiger partial charge in [0.2, 0.25) is 5.91 Å². The highest BCUT2D eigenvalue weighted by Crippen LogP contribution is 2.33. The molecule has 1 aromatic carbocycles. The first-order valence-electron chi connectivity index (χ1n) is 9.53. The zero-order valence-electron chi connectivity index (χ0n) is 14.9. The minimum atomic E-state index is -0.0594. The third kappa shape index (κ3) is 3.98. The number of carbonyl (C=O) groups excluding carboxylic acids is 2. The SMILES string of the molecule is O=C(NC1CC1)c1cccc(NC(=O)C2CCC(n3cccc3)CC2)c1. The van der Waals surface area contributed by atoms with Crippen LogP contribution in [0.2, 0.25) is 0 Å². The zero-order chi connectivity index (χ0) is 17.9. The number of nitrogens with zero attached hydrogens (tertiary/aromatic N) is 1. The minimum Gasteiger partial charge on any atom is -0.351 e. The lowest BCUT2D eigenvalue weighted by Crippen LogP contribution is -2.28. The van der Waals surface area contributed by atoms with Crippen LogP contribution in [0.25, 0.3) is 0 Å². The summed E-state index contributed by atoms with van der Waals surface area (Å²) in [5, 5.41) is 5.98. The Balaban J connectivity index is 1.32. The van der Waals surface area contributed by atoms with Gasteiger partial charge in [0.25, 0.3) is 5.91 Å². The summed E-state index contributed by atoms with van der Waals surface area (Å²) in [6.45, 7) is 0. The smallest absolute Gasteiger partial charge is 0.251 e. The highest BCUT2D eigenvalue weighted by molar-refractivity contribution is 5.97. The Morgan fingerprint density at radius 2 is 1.65 bits per heavy atom. The molecule has 2 N–H and O–H groups in total. The molecule has 0 atom stereocenters. The zero-order valence-corrected chi connectivity index (χ0v) is 14.9. The number of rotatable bonds is 5. The van der Waals surface area contributed by atoms with Gasteiger partial charge in [0.05, 0.1) is 0 Å². The minimum absolute atomic E-state index is 0.0470. The van der Waals surface area contributed by atoms with Crippen molar-refractivity contribution in [1.82, 2.24) is 9.88 Å². The van der Waals surface area contributed by atoms with Gasteiger partial charge in [-0.15, -0.1) is 0 Å². The largest absolute Gasteiger partial charge is 0.351 e. The van der Waals surface area contributed by atoms with E-state index >= 15 is 0 Å². The van der Waals surface area contributed by atoms with Crippen molar-refractivity contribution in [1.29, 1.82) is 0 Å². The van der Waals surface area contributed by atoms with E-state index < -0.39 is 0 Å². The summed E-state index contributed by atoms with van der Waals surface area (Å²) >= 11 is 0. The lowest BCUT2D eigenvalue weighted by atomic mass is 9.85. The van der Waals surface area contributed by atoms with E-state index in [-0.39, 0.29) is 17.7 Å². The molecule has 5 nitrogen and oxygen atoms in total. The van der Waals surface area contributed by atoms with Crippen LogP contribution in [0, 0.1) is 5.92 Å². The van der Waals surface area contributed by atoms with Crippen molar-refractivity contribution in [3.63, 3.8) is 0 Å². The van der Waals surface area contributed by atoms with Gasteiger partial charge in [0, 0.05) is 41.6 Å². The fourth-order valence-corrected chi connectivity index (χ4v) is 3.71. The van der Waals surface area contributed by atoms with Gasteiger partial charge in [-0.25, -0.2) is 0 Å². The quantitative estimate of drug-likeness (QED) is 0.862. The van der Waals surface area contributed by atoms with Crippen molar-refractivity contribution in [2.24, 2.45) is 5.92 Å². The Morgan fingerprint density at radius 1 is 0.923 bits per heavy atom. The highest BCUT2D eigenvalue weighted by Gasteiger charge is 2.27. The van der Waals surface area contributed by atoms with E-state index in [9.17, 15) is 9.59 Å². The highest BCUT2D eigenvalue weighted by atomic mass is 16.2. The standard InChI is InChI=1S/C21H25N3O2/c25-20(15-6-10-19(11-7-15)24-12-1-2-13-24)23-18-5-3-4-16(14-18)21(26)22-17-8-9-17/h1-5,12-15,17,19H,6-11H2,(H,22,26)(H,23,25). The molecule has 2 aliphatic rings. The summed E-state index contributed by atoms with van der Waals surface area (Å²) in [4.78, 5) is 24.8. The average molecular weight is 351 g/mol. The van der Waals surface area contributed by atoms with Crippen LogP contribution in [0.1, 0.15) is 54.9 Å². The Bertz CT molecular complexity index is 772. The number of anilines is 1. The Hall–Kier alpha value is -2.56. The second-order valence-corrected chi connectivity index (χ2v) is 7.45. The monoisotopic (exact) mass is 351 g/mol. The van der Waals surface area contributed by atoms with E-state index in [2.05, 4.69) is 27.6 Å². The molecule has 0 aliphatic heterocycles. The Morgan fingerprint density at radius 3 is 2.35 bits per heavy atom. The number of nitrogens with one attached hydrogen (secondary N) is 2. The van der Waals surface area contributed by atoms with Crippen LogP contribution in [0.4, 0.5) is 5.69 Å². The van der Waals surface area contributed by atoms with Crippen molar-refractivity contribution in [2.45, 2.75) is 50.6 Å². The molecular weight excluding hydrogens is 326 g/mol. The molecule has 0 spiro atoms. The fraction of sp³-hybridized carbons (Fsp3) is 0.429. The van der Waals surface area contributed by atoms with Crippen molar-refractivity contribution in [3.05, 3.63) is 54.4 Å². The predicted molar refractivity (Wildman–Crippen MR) is 101 cm³/mol. The molecule has 0 unspecified atom stereocenters. The average Bonchev–Trinajstić information content (AvgIpc) is 3.31. The number of amides is 2. The number of hydrogen-bond acceptors (Lipinski definition) is 2. The molecule has 136 valence electrons. The van der Waals surface area contributed by atoms with Gasteiger partial charge < -0.3 is 15.2 Å². The predicted octanol–water partition coefficient (Wildman–Crippen LogP) is 3.75. The molecule has 1 heterocycles. The molecule has 2 aliphatic carbocycles. The van der Waals surface area contributed by atoms with Crippen LogP contribution in [-0.4, -0.2) is 22.4 Å². The molecule has 2 amide bonds. The number of hydrogen-bond donors (Lipinski definition) is 2. The van der Waals surface area contributed by atoms with Gasteiger partial charge in [-0.3, -0.25) is 9.59 Å². The van der Waals surface area contributed by atoms with E-state index in [0.29, 0.717) is 23.3 Å². The molecule has 1 aromatic heterocycles. The van der Waals surface area contributed by atoms with Gasteiger partial charge in [-0.1, -0.05) is 6.07 Å². The van der Waals surface area contributed by atoms with E-state index in [1.165, 1.54) is 0 Å². The van der Waals surface area contributed by atoms with Gasteiger partial charge in [0.1, 0.15) is 0 Å². The maximum atomic E-state index is 12.6. The lowest BCUT2D eigenvalue weighted by molar-refractivity contribution is -0.121. The van der Waals surface area contributed by atoms with Crippen molar-refractivity contribution >= 4 is 17.5 Å². The lowest BCUT2D eigenvalue weighted by Gasteiger charge is -2.28. The van der Waals surface area contributed by atoms with E-state index in [1.54, 1.807) is 12.1 Å². The Kier molecular flexibility index (Phi) is 4.78. The van der Waals surface area contributed by atoms with Gasteiger partial charge in [-0.05, 0) is 68.9 Å². The maximum Gasteiger partial charge on any atom is 0.251 e. The molecule has 26 heavy (non-hydrogen) atoms. The summed E-state index contributed by atoms with van der Waals surface area (Å²) in [5.74, 6) is 0.0531. The van der Waals surface area contributed by atoms with Gasteiger partial charge in [0.15, 0.2) is 0 Å². The van der Waals surface area contributed by atoms with E-state index in [0.717, 1.165) is 38.5 Å². The van der Waals surface area contributed by atoms with Crippen LogP contribution in [0.5, 0.6) is 0 Å². The molecule has 4 rings (SSSR count). The van der Waals surface area contributed by atoms with Crippen LogP contribution in [-0.2, 0) is 4.79 Å². The topological polar surface area (TPSA) is 63.1 Å². The maximum absolute atomic E-state index is 12.6. The van der Waals surface area contributed by atoms with Crippen molar-refractivity contribution in [2.75, 3.05) is 5.32 Å². The summed E-state index contributed by atoms with van der Waals surface area (Å²) in [6.07, 6.45) is 10.2. The van der Waals surface area contributed by atoms with Crippen LogP contribution < -0.4 is 10.6 Å². The molecule has 2 fully saturated rings. The normalized spacial score (nSPS) is 22.6. The number of carbonyl (C=O) groups is 2. The second kappa shape index (κ2) is 7.36. The summed E-state index contributed by atoms with van der Waals surface area (Å²) in [5.41, 5.74) is 1.30. The van der Waals surface area contributed by atoms with E-state index in [1.807, 2.05) is 24.3 Å². The number of benzene rings is 1. The van der Waals surface area contributed by atoms with Crippen LogP contribution in [0.3, 0.4) is 0 Å². The molecule has 0 radical (unpaired) electrons. The van der Waals surface area contributed by atoms with Crippen molar-refractivity contribution in [3.8, 4) is 0 Å². The molecule has 5 heteroatoms. The molecule has 2 saturated carbocycles. The Labute approximate surface area is 153 Å². The molecular formula is C21H25N3O2. The van der Waals surface area contributed by atoms with Gasteiger partial charge in [-0.2, -0.15) is 0 Å². The molecule has 0 saturated heterocycles. The first-order chi connectivity index (χ1) is 12.7. The van der Waals surface area contributed by atoms with E-state index in [4.69, 9.17) is 0 Å². The first kappa shape index (κ1) is 16.9. The third-order valence-electron chi connectivity index (χ3n) is 5.42. The van der Waals surface area contributed by atoms with Crippen LogP contribution >= 0.6 is 0 Å². The summed E-state index contributed by atoms with van der Waals surface area (Å²) in [7, 11) is 0.